The van der Waals surface area contributed by atoms with Gasteiger partial charge < -0.3 is 9.38 Å². The molecule has 0 spiro atoms. The van der Waals surface area contributed by atoms with Gasteiger partial charge in [0.05, 0.1) is 26.2 Å². The summed E-state index contributed by atoms with van der Waals surface area (Å²) in [6.45, 7) is 21.6. The number of hydrogen-bond acceptors (Lipinski definition) is 1. The van der Waals surface area contributed by atoms with E-state index in [1.807, 2.05) is 30.9 Å². The third kappa shape index (κ3) is 3.06. The number of carbonyl (C=O) groups excluding carboxylic acids is 1. The predicted octanol–water partition coefficient (Wildman–Crippen LogP) is 4.23. The molecule has 1 amide bonds. The van der Waals surface area contributed by atoms with Gasteiger partial charge >= 0.3 is 0 Å². The minimum Gasteiger partial charge on any atom is -0.314 e. The number of amides is 1. The highest BCUT2D eigenvalue weighted by Crippen LogP contribution is 2.34. The topological polar surface area (TPSA) is 24.7 Å². The van der Waals surface area contributed by atoms with Crippen molar-refractivity contribution in [1.82, 2.24) is 0 Å². The SMILES string of the molecule is [C-]#[N+]c1cc(C)c(N2CCCC([N+](CC)(CC)CC)C2=O)c(C)c1. The Hall–Kier alpha value is -1.86. The van der Waals surface area contributed by atoms with E-state index < -0.39 is 0 Å². The summed E-state index contributed by atoms with van der Waals surface area (Å²) in [4.78, 5) is 18.9. The van der Waals surface area contributed by atoms with Crippen LogP contribution in [-0.4, -0.2) is 42.6 Å². The Morgan fingerprint density at radius 2 is 1.71 bits per heavy atom. The normalized spacial score (nSPS) is 18.6. The Labute approximate surface area is 146 Å². The summed E-state index contributed by atoms with van der Waals surface area (Å²) in [5.74, 6) is 0.258. The van der Waals surface area contributed by atoms with Crippen LogP contribution >= 0.6 is 0 Å². The average Bonchev–Trinajstić information content (AvgIpc) is 2.58. The molecule has 1 atom stereocenters. The third-order valence-corrected chi connectivity index (χ3v) is 5.84. The lowest BCUT2D eigenvalue weighted by molar-refractivity contribution is -0.938. The van der Waals surface area contributed by atoms with Gasteiger partial charge in [0.25, 0.3) is 5.91 Å². The molecule has 1 fully saturated rings. The number of quaternary nitrogens is 1. The molecular weight excluding hydrogens is 298 g/mol. The molecule has 1 aromatic rings. The van der Waals surface area contributed by atoms with E-state index in [0.717, 1.165) is 60.3 Å². The molecule has 0 bridgehead atoms. The summed E-state index contributed by atoms with van der Waals surface area (Å²) in [5, 5.41) is 0. The van der Waals surface area contributed by atoms with Gasteiger partial charge in [0.1, 0.15) is 0 Å². The fourth-order valence-electron chi connectivity index (χ4n) is 4.34. The van der Waals surface area contributed by atoms with E-state index in [2.05, 4.69) is 25.6 Å². The molecule has 4 nitrogen and oxygen atoms in total. The first-order chi connectivity index (χ1) is 11.4. The van der Waals surface area contributed by atoms with Crippen LogP contribution in [0.4, 0.5) is 11.4 Å². The molecule has 0 radical (unpaired) electrons. The van der Waals surface area contributed by atoms with Gasteiger partial charge in [0.15, 0.2) is 11.7 Å². The number of anilines is 1. The molecule has 1 saturated heterocycles. The van der Waals surface area contributed by atoms with Crippen molar-refractivity contribution in [2.75, 3.05) is 31.1 Å². The molecule has 0 aliphatic carbocycles. The maximum absolute atomic E-state index is 13.4. The van der Waals surface area contributed by atoms with Crippen LogP contribution < -0.4 is 4.90 Å². The number of aryl methyl sites for hydroxylation is 2. The van der Waals surface area contributed by atoms with Crippen molar-refractivity contribution < 1.29 is 9.28 Å². The van der Waals surface area contributed by atoms with Crippen LogP contribution in [0.1, 0.15) is 44.7 Å². The molecule has 2 rings (SSSR count). The quantitative estimate of drug-likeness (QED) is 0.586. The van der Waals surface area contributed by atoms with E-state index in [1.54, 1.807) is 0 Å². The molecule has 1 unspecified atom stereocenters. The standard InChI is InChI=1S/C20H30N3O/c1-7-23(8-2,9-3)18-11-10-12-22(20(18)24)19-15(4)13-17(21-6)14-16(19)5/h13-14,18H,7-12H2,1-5H3/q+1. The summed E-state index contributed by atoms with van der Waals surface area (Å²) in [5.41, 5.74) is 3.71. The van der Waals surface area contributed by atoms with Crippen molar-refractivity contribution in [2.45, 2.75) is 53.5 Å². The summed E-state index contributed by atoms with van der Waals surface area (Å²) in [6, 6.07) is 3.85. The lowest BCUT2D eigenvalue weighted by Crippen LogP contribution is -2.63. The van der Waals surface area contributed by atoms with Gasteiger partial charge in [-0.3, -0.25) is 4.79 Å². The fraction of sp³-hybridized carbons (Fsp3) is 0.600. The van der Waals surface area contributed by atoms with Crippen molar-refractivity contribution in [2.24, 2.45) is 0 Å². The molecule has 0 N–H and O–H groups in total. The fourth-order valence-corrected chi connectivity index (χ4v) is 4.34. The van der Waals surface area contributed by atoms with E-state index in [1.165, 1.54) is 0 Å². The molecule has 1 aliphatic heterocycles. The number of nitrogens with zero attached hydrogens (tertiary/aromatic N) is 3. The Balaban J connectivity index is 2.43. The van der Waals surface area contributed by atoms with E-state index in [9.17, 15) is 4.79 Å². The monoisotopic (exact) mass is 328 g/mol. The molecule has 1 heterocycles. The highest BCUT2D eigenvalue weighted by Gasteiger charge is 2.43. The number of hydrogen-bond donors (Lipinski definition) is 0. The first-order valence-electron chi connectivity index (χ1n) is 9.09. The average molecular weight is 328 g/mol. The summed E-state index contributed by atoms with van der Waals surface area (Å²) in [6.07, 6.45) is 2.02. The van der Waals surface area contributed by atoms with Crippen LogP contribution in [0.3, 0.4) is 0 Å². The number of benzene rings is 1. The Kier molecular flexibility index (Phi) is 5.66. The molecule has 1 aliphatic rings. The van der Waals surface area contributed by atoms with Crippen LogP contribution in [0.5, 0.6) is 0 Å². The molecule has 0 saturated carbocycles. The van der Waals surface area contributed by atoms with Crippen molar-refractivity contribution in [3.63, 3.8) is 0 Å². The Morgan fingerprint density at radius 1 is 1.17 bits per heavy atom. The smallest absolute Gasteiger partial charge is 0.285 e. The molecule has 24 heavy (non-hydrogen) atoms. The van der Waals surface area contributed by atoms with Gasteiger partial charge in [0, 0.05) is 18.7 Å². The molecule has 0 aromatic heterocycles. The van der Waals surface area contributed by atoms with Crippen LogP contribution in [0.2, 0.25) is 0 Å². The largest absolute Gasteiger partial charge is 0.314 e. The van der Waals surface area contributed by atoms with Crippen LogP contribution in [0.25, 0.3) is 4.85 Å². The minimum absolute atomic E-state index is 0.0538. The second-order valence-corrected chi connectivity index (χ2v) is 6.86. The zero-order valence-corrected chi connectivity index (χ0v) is 15.7. The predicted molar refractivity (Wildman–Crippen MR) is 99.4 cm³/mol. The van der Waals surface area contributed by atoms with Gasteiger partial charge in [-0.2, -0.15) is 0 Å². The summed E-state index contributed by atoms with van der Waals surface area (Å²) >= 11 is 0. The number of likely N-dealkylation sites (N-methyl/N-ethyl adjacent to an activating group) is 1. The molecule has 130 valence electrons. The maximum Gasteiger partial charge on any atom is 0.285 e. The Bertz CT molecular complexity index is 624. The minimum atomic E-state index is 0.0538. The highest BCUT2D eigenvalue weighted by atomic mass is 16.2. The lowest BCUT2D eigenvalue weighted by atomic mass is 9.97. The zero-order valence-electron chi connectivity index (χ0n) is 15.7. The zero-order chi connectivity index (χ0) is 17.9. The first kappa shape index (κ1) is 18.5. The molecular formula is C20H30N3O+. The summed E-state index contributed by atoms with van der Waals surface area (Å²) < 4.78 is 0.869. The second kappa shape index (κ2) is 7.36. The summed E-state index contributed by atoms with van der Waals surface area (Å²) in [7, 11) is 0. The van der Waals surface area contributed by atoms with Gasteiger partial charge in [-0.15, -0.1) is 0 Å². The number of piperidine rings is 1. The van der Waals surface area contributed by atoms with E-state index in [-0.39, 0.29) is 11.9 Å². The number of rotatable bonds is 5. The van der Waals surface area contributed by atoms with Crippen molar-refractivity contribution in [3.05, 3.63) is 34.7 Å². The van der Waals surface area contributed by atoms with Gasteiger partial charge in [-0.25, -0.2) is 4.85 Å². The van der Waals surface area contributed by atoms with Crippen molar-refractivity contribution in [3.8, 4) is 0 Å². The molecule has 4 heteroatoms. The first-order valence-corrected chi connectivity index (χ1v) is 9.09. The van der Waals surface area contributed by atoms with Gasteiger partial charge in [0.2, 0.25) is 0 Å². The Morgan fingerprint density at radius 3 is 2.17 bits per heavy atom. The maximum atomic E-state index is 13.4. The number of carbonyl (C=O) groups is 1. The second-order valence-electron chi connectivity index (χ2n) is 6.86. The van der Waals surface area contributed by atoms with Crippen molar-refractivity contribution in [1.29, 1.82) is 0 Å². The van der Waals surface area contributed by atoms with Gasteiger partial charge in [-0.05, 0) is 52.2 Å². The lowest BCUT2D eigenvalue weighted by Gasteiger charge is -2.46. The third-order valence-electron chi connectivity index (χ3n) is 5.84. The van der Waals surface area contributed by atoms with Crippen LogP contribution in [0, 0.1) is 20.4 Å². The van der Waals surface area contributed by atoms with Crippen LogP contribution in [0.15, 0.2) is 12.1 Å². The highest BCUT2D eigenvalue weighted by molar-refractivity contribution is 5.98. The molecule has 1 aromatic carbocycles. The van der Waals surface area contributed by atoms with E-state index >= 15 is 0 Å². The van der Waals surface area contributed by atoms with Crippen molar-refractivity contribution >= 4 is 17.3 Å². The van der Waals surface area contributed by atoms with Gasteiger partial charge in [-0.1, -0.05) is 12.1 Å². The van der Waals surface area contributed by atoms with E-state index in [4.69, 9.17) is 6.57 Å². The van der Waals surface area contributed by atoms with E-state index in [0.29, 0.717) is 5.69 Å². The van der Waals surface area contributed by atoms with Crippen LogP contribution in [-0.2, 0) is 4.79 Å².